The van der Waals surface area contributed by atoms with Crippen molar-refractivity contribution >= 4 is 39.7 Å². The Labute approximate surface area is 176 Å². The molecule has 3 aromatic rings. The number of nitrogens with zero attached hydrogens (tertiary/aromatic N) is 1. The Bertz CT molecular complexity index is 1080. The summed E-state index contributed by atoms with van der Waals surface area (Å²) < 4.78 is 27.1. The number of benzene rings is 1. The van der Waals surface area contributed by atoms with Gasteiger partial charge < -0.3 is 14.3 Å². The molecule has 29 heavy (non-hydrogen) atoms. The molecule has 0 saturated carbocycles. The van der Waals surface area contributed by atoms with Crippen LogP contribution in [0.3, 0.4) is 0 Å². The van der Waals surface area contributed by atoms with Crippen molar-refractivity contribution in [2.75, 3.05) is 0 Å². The van der Waals surface area contributed by atoms with Crippen molar-refractivity contribution in [3.05, 3.63) is 47.2 Å². The molecule has 1 aromatic carbocycles. The number of aromatic nitrogens is 2. The molecule has 6 nitrogen and oxygen atoms in total. The minimum atomic E-state index is -2.18. The van der Waals surface area contributed by atoms with Crippen LogP contribution in [0.1, 0.15) is 50.5 Å². The van der Waals surface area contributed by atoms with E-state index in [1.54, 1.807) is 36.4 Å². The van der Waals surface area contributed by atoms with E-state index in [9.17, 15) is 13.6 Å². The number of rotatable bonds is 7. The zero-order valence-corrected chi connectivity index (χ0v) is 18.1. The van der Waals surface area contributed by atoms with Gasteiger partial charge in [-0.15, -0.1) is 0 Å². The molecule has 8 heteroatoms. The summed E-state index contributed by atoms with van der Waals surface area (Å²) in [5.74, 6) is -0.481. The molecule has 2 heterocycles. The third kappa shape index (κ3) is 4.86. The highest BCUT2D eigenvalue weighted by Crippen LogP contribution is 2.34. The Balaban J connectivity index is 2.04. The van der Waals surface area contributed by atoms with Crippen molar-refractivity contribution in [2.24, 2.45) is 0 Å². The van der Waals surface area contributed by atoms with E-state index in [-0.39, 0.29) is 15.7 Å². The van der Waals surface area contributed by atoms with E-state index in [0.29, 0.717) is 22.2 Å². The number of ether oxygens (including phenoxy) is 1. The first-order valence-electron chi connectivity index (χ1n) is 9.34. The van der Waals surface area contributed by atoms with Gasteiger partial charge in [0.25, 0.3) is 0 Å². The fourth-order valence-electron chi connectivity index (χ4n) is 3.20. The van der Waals surface area contributed by atoms with Crippen molar-refractivity contribution in [3.63, 3.8) is 0 Å². The van der Waals surface area contributed by atoms with Crippen LogP contribution in [-0.2, 0) is 15.8 Å². The van der Waals surface area contributed by atoms with Crippen molar-refractivity contribution in [2.45, 2.75) is 50.5 Å². The van der Waals surface area contributed by atoms with Crippen LogP contribution < -0.4 is 0 Å². The fourth-order valence-corrected chi connectivity index (χ4v) is 3.96. The number of aromatic amines is 1. The number of pyridine rings is 1. The van der Waals surface area contributed by atoms with Crippen LogP contribution in [0.2, 0.25) is 5.15 Å². The van der Waals surface area contributed by atoms with Crippen molar-refractivity contribution < 1.29 is 18.3 Å². The molecule has 0 aliphatic heterocycles. The van der Waals surface area contributed by atoms with Crippen LogP contribution in [0.5, 0.6) is 0 Å². The lowest BCUT2D eigenvalue weighted by molar-refractivity contribution is -0.00585. The van der Waals surface area contributed by atoms with Gasteiger partial charge in [0.05, 0.1) is 15.9 Å². The molecule has 0 aliphatic rings. The molecule has 0 saturated heterocycles. The minimum Gasteiger partial charge on any atom is -0.455 e. The van der Waals surface area contributed by atoms with Gasteiger partial charge in [-0.1, -0.05) is 43.1 Å². The van der Waals surface area contributed by atoms with Gasteiger partial charge in [0.1, 0.15) is 16.4 Å². The van der Waals surface area contributed by atoms with E-state index < -0.39 is 22.7 Å². The van der Waals surface area contributed by atoms with Gasteiger partial charge in [-0.3, -0.25) is 0 Å². The van der Waals surface area contributed by atoms with Crippen LogP contribution in [-0.4, -0.2) is 30.3 Å². The normalized spacial score (nSPS) is 12.9. The molecule has 2 aromatic heterocycles. The first-order valence-corrected chi connectivity index (χ1v) is 10.8. The second-order valence-corrected chi connectivity index (χ2v) is 8.76. The summed E-state index contributed by atoms with van der Waals surface area (Å²) in [5, 5.41) is 0.216. The van der Waals surface area contributed by atoms with E-state index >= 15 is 0 Å². The lowest BCUT2D eigenvalue weighted by Gasteiger charge is -2.24. The maximum Gasteiger partial charge on any atom is 0.355 e. The van der Waals surface area contributed by atoms with E-state index in [1.807, 2.05) is 13.8 Å². The quantitative estimate of drug-likeness (QED) is 0.287. The number of unbranched alkanes of at least 4 members (excludes halogenated alkanes) is 1. The number of nitrogens with one attached hydrogen (secondary N) is 1. The summed E-state index contributed by atoms with van der Waals surface area (Å²) >= 11 is 4.00. The Morgan fingerprint density at radius 2 is 2.00 bits per heavy atom. The number of hydrogen-bond acceptors (Lipinski definition) is 4. The van der Waals surface area contributed by atoms with E-state index in [2.05, 4.69) is 16.9 Å². The maximum atomic E-state index is 12.7. The number of carbonyl (C=O) groups is 1. The van der Waals surface area contributed by atoms with Crippen molar-refractivity contribution in [3.8, 4) is 11.1 Å². The SMILES string of the molecule is CCCCC(C)(C)OC(=O)c1cc2nc(Cl)cc(-c3ccccc3S(=O)O)c2[nH]1. The van der Waals surface area contributed by atoms with Gasteiger partial charge in [0.15, 0.2) is 11.1 Å². The highest BCUT2D eigenvalue weighted by atomic mass is 35.5. The molecular formula is C21H23ClN2O4S. The molecule has 0 spiro atoms. The third-order valence-electron chi connectivity index (χ3n) is 4.64. The molecule has 1 atom stereocenters. The second-order valence-electron chi connectivity index (χ2n) is 7.43. The summed E-state index contributed by atoms with van der Waals surface area (Å²) in [6.45, 7) is 5.86. The summed E-state index contributed by atoms with van der Waals surface area (Å²) in [6, 6.07) is 9.93. The highest BCUT2D eigenvalue weighted by Gasteiger charge is 2.25. The first-order chi connectivity index (χ1) is 13.7. The van der Waals surface area contributed by atoms with Crippen LogP contribution in [0.4, 0.5) is 0 Å². The van der Waals surface area contributed by atoms with Gasteiger partial charge in [-0.05, 0) is 44.9 Å². The number of esters is 1. The standard InChI is InChI=1S/C21H23ClN2O4S/c1-4-5-10-21(2,3)28-20(25)16-12-15-19(24-16)14(11-18(22)23-15)13-8-6-7-9-17(13)29(26)27/h6-9,11-12,24H,4-5,10H2,1-3H3,(H,26,27). The second kappa shape index (κ2) is 8.65. The Kier molecular flexibility index (Phi) is 6.41. The van der Waals surface area contributed by atoms with E-state index in [0.717, 1.165) is 19.3 Å². The van der Waals surface area contributed by atoms with Crippen molar-refractivity contribution in [1.29, 1.82) is 0 Å². The zero-order valence-electron chi connectivity index (χ0n) is 16.5. The molecule has 154 valence electrons. The predicted octanol–water partition coefficient (Wildman–Crippen LogP) is 5.59. The minimum absolute atomic E-state index is 0.216. The summed E-state index contributed by atoms with van der Waals surface area (Å²) in [7, 11) is 0. The molecule has 1 unspecified atom stereocenters. The van der Waals surface area contributed by atoms with Gasteiger partial charge in [-0.2, -0.15) is 0 Å². The first kappa shape index (κ1) is 21.5. The van der Waals surface area contributed by atoms with Crippen molar-refractivity contribution in [1.82, 2.24) is 9.97 Å². The van der Waals surface area contributed by atoms with Crippen LogP contribution in [0.25, 0.3) is 22.2 Å². The zero-order chi connectivity index (χ0) is 21.2. The van der Waals surface area contributed by atoms with Crippen LogP contribution in [0, 0.1) is 0 Å². The molecule has 0 radical (unpaired) electrons. The maximum absolute atomic E-state index is 12.7. The molecule has 0 amide bonds. The molecule has 2 N–H and O–H groups in total. The predicted molar refractivity (Wildman–Crippen MR) is 115 cm³/mol. The fraction of sp³-hybridized carbons (Fsp3) is 0.333. The highest BCUT2D eigenvalue weighted by molar-refractivity contribution is 7.79. The molecular weight excluding hydrogens is 412 g/mol. The lowest BCUT2D eigenvalue weighted by atomic mass is 10.0. The Morgan fingerprint density at radius 1 is 1.28 bits per heavy atom. The van der Waals surface area contributed by atoms with Crippen LogP contribution in [0.15, 0.2) is 41.3 Å². The summed E-state index contributed by atoms with van der Waals surface area (Å²) in [5.41, 5.74) is 1.81. The lowest BCUT2D eigenvalue weighted by Crippen LogP contribution is -2.28. The summed E-state index contributed by atoms with van der Waals surface area (Å²) in [4.78, 5) is 20.3. The number of H-pyrrole nitrogens is 1. The number of carbonyl (C=O) groups excluding carboxylic acids is 1. The molecule has 0 fully saturated rings. The number of hydrogen-bond donors (Lipinski definition) is 2. The van der Waals surface area contributed by atoms with Crippen LogP contribution >= 0.6 is 11.6 Å². The Hall–Kier alpha value is -2.22. The van der Waals surface area contributed by atoms with Gasteiger partial charge in [0, 0.05) is 11.1 Å². The number of halogens is 1. The van der Waals surface area contributed by atoms with E-state index in [4.69, 9.17) is 16.3 Å². The van der Waals surface area contributed by atoms with E-state index in [1.165, 1.54) is 0 Å². The smallest absolute Gasteiger partial charge is 0.355 e. The molecule has 0 aliphatic carbocycles. The monoisotopic (exact) mass is 434 g/mol. The topological polar surface area (TPSA) is 92.3 Å². The third-order valence-corrected chi connectivity index (χ3v) is 5.57. The Morgan fingerprint density at radius 3 is 2.69 bits per heavy atom. The largest absolute Gasteiger partial charge is 0.455 e. The number of fused-ring (bicyclic) bond motifs is 1. The average Bonchev–Trinajstić information content (AvgIpc) is 3.09. The average molecular weight is 435 g/mol. The van der Waals surface area contributed by atoms with Gasteiger partial charge >= 0.3 is 5.97 Å². The van der Waals surface area contributed by atoms with Gasteiger partial charge in [0.2, 0.25) is 0 Å². The molecule has 3 rings (SSSR count). The molecule has 0 bridgehead atoms. The van der Waals surface area contributed by atoms with Gasteiger partial charge in [-0.25, -0.2) is 14.0 Å². The summed E-state index contributed by atoms with van der Waals surface area (Å²) in [6.07, 6.45) is 2.74.